The van der Waals surface area contributed by atoms with Crippen molar-refractivity contribution < 1.29 is 0 Å². The fraction of sp³-hybridized carbons (Fsp3) is 0.769. The second-order valence-corrected chi connectivity index (χ2v) is 11.1. The molecule has 5 fully saturated rings. The Morgan fingerprint density at radius 1 is 1.10 bits per heavy atom. The average molecular weight is 411 g/mol. The molecule has 4 atom stereocenters. The second kappa shape index (κ2) is 8.02. The van der Waals surface area contributed by atoms with Gasteiger partial charge in [-0.25, -0.2) is 0 Å². The highest BCUT2D eigenvalue weighted by Crippen LogP contribution is 2.47. The van der Waals surface area contributed by atoms with Gasteiger partial charge in [0.15, 0.2) is 0 Å². The summed E-state index contributed by atoms with van der Waals surface area (Å²) in [6.07, 6.45) is 13.0. The van der Waals surface area contributed by atoms with Gasteiger partial charge in [-0.2, -0.15) is 0 Å². The third kappa shape index (κ3) is 3.98. The molecule has 166 valence electrons. The van der Waals surface area contributed by atoms with Crippen molar-refractivity contribution >= 4 is 0 Å². The number of nitrogens with one attached hydrogen (secondary N) is 2. The van der Waals surface area contributed by atoms with Crippen LogP contribution in [0.15, 0.2) is 37.2 Å². The molecule has 3 aliphatic heterocycles. The molecule has 3 heterocycles. The van der Waals surface area contributed by atoms with E-state index in [1.807, 2.05) is 6.08 Å². The van der Waals surface area contributed by atoms with Gasteiger partial charge in [0.2, 0.25) is 0 Å². The van der Waals surface area contributed by atoms with Crippen LogP contribution in [0.5, 0.6) is 0 Å². The fourth-order valence-corrected chi connectivity index (χ4v) is 6.74. The quantitative estimate of drug-likeness (QED) is 0.447. The lowest BCUT2D eigenvalue weighted by Gasteiger charge is -2.57. The van der Waals surface area contributed by atoms with Crippen molar-refractivity contribution in [3.63, 3.8) is 0 Å². The van der Waals surface area contributed by atoms with Crippen LogP contribution in [0.3, 0.4) is 0 Å². The molecule has 5 aliphatic rings. The van der Waals surface area contributed by atoms with Gasteiger partial charge in [0.05, 0.1) is 12.1 Å². The molecular weight excluding hydrogens is 368 g/mol. The third-order valence-corrected chi connectivity index (χ3v) is 8.62. The maximum Gasteiger partial charge on any atom is 0.0627 e. The van der Waals surface area contributed by atoms with E-state index >= 15 is 0 Å². The van der Waals surface area contributed by atoms with Crippen LogP contribution < -0.4 is 10.6 Å². The van der Waals surface area contributed by atoms with E-state index in [9.17, 15) is 0 Å². The number of piperidine rings is 1. The molecule has 0 aromatic carbocycles. The normalized spacial score (nSPS) is 33.0. The second-order valence-electron chi connectivity index (χ2n) is 11.1. The molecule has 4 heteroatoms. The van der Waals surface area contributed by atoms with E-state index in [1.165, 1.54) is 88.9 Å². The Bertz CT molecular complexity index is 683. The predicted octanol–water partition coefficient (Wildman–Crippen LogP) is 3.88. The zero-order valence-corrected chi connectivity index (χ0v) is 19.0. The minimum atomic E-state index is 0.285. The SMILES string of the molecule is C=CC(C)NC(=C)C(C1CCCC1)N1CCCC2(CN(C(=C)C3NC3C3CC3)C2)C1. The van der Waals surface area contributed by atoms with Gasteiger partial charge >= 0.3 is 0 Å². The molecule has 1 spiro atoms. The van der Waals surface area contributed by atoms with Crippen LogP contribution in [0.4, 0.5) is 0 Å². The van der Waals surface area contributed by atoms with E-state index in [2.05, 4.69) is 47.1 Å². The summed E-state index contributed by atoms with van der Waals surface area (Å²) in [5.74, 6) is 1.70. The first-order chi connectivity index (χ1) is 14.5. The van der Waals surface area contributed by atoms with Crippen LogP contribution in [0.25, 0.3) is 0 Å². The van der Waals surface area contributed by atoms with Crippen LogP contribution >= 0.6 is 0 Å². The average Bonchev–Trinajstić information content (AvgIpc) is 3.63. The number of likely N-dealkylation sites (tertiary alicyclic amines) is 2. The van der Waals surface area contributed by atoms with Gasteiger partial charge < -0.3 is 15.5 Å². The van der Waals surface area contributed by atoms with Crippen LogP contribution in [-0.4, -0.2) is 60.1 Å². The van der Waals surface area contributed by atoms with Crippen LogP contribution in [0, 0.1) is 17.3 Å². The molecule has 30 heavy (non-hydrogen) atoms. The third-order valence-electron chi connectivity index (χ3n) is 8.62. The van der Waals surface area contributed by atoms with E-state index in [-0.39, 0.29) is 6.04 Å². The van der Waals surface area contributed by atoms with Crippen molar-refractivity contribution in [1.29, 1.82) is 0 Å². The summed E-state index contributed by atoms with van der Waals surface area (Å²) in [4.78, 5) is 5.38. The van der Waals surface area contributed by atoms with E-state index in [0.29, 0.717) is 17.5 Å². The van der Waals surface area contributed by atoms with Gasteiger partial charge in [0.1, 0.15) is 0 Å². The maximum atomic E-state index is 4.53. The zero-order valence-electron chi connectivity index (χ0n) is 19.0. The van der Waals surface area contributed by atoms with Gasteiger partial charge in [0, 0.05) is 48.5 Å². The number of nitrogens with zero attached hydrogens (tertiary/aromatic N) is 2. The molecular formula is C26H42N4. The van der Waals surface area contributed by atoms with Gasteiger partial charge in [-0.3, -0.25) is 4.90 Å². The Balaban J connectivity index is 1.21. The maximum absolute atomic E-state index is 4.53. The Morgan fingerprint density at radius 2 is 1.83 bits per heavy atom. The van der Waals surface area contributed by atoms with Gasteiger partial charge in [-0.1, -0.05) is 32.1 Å². The molecule has 4 nitrogen and oxygen atoms in total. The number of hydrogen-bond acceptors (Lipinski definition) is 4. The van der Waals surface area contributed by atoms with Crippen molar-refractivity contribution in [2.75, 3.05) is 26.2 Å². The molecule has 0 amide bonds. The lowest BCUT2D eigenvalue weighted by molar-refractivity contribution is -0.0515. The summed E-state index contributed by atoms with van der Waals surface area (Å²) in [7, 11) is 0. The highest BCUT2D eigenvalue weighted by atomic mass is 15.3. The van der Waals surface area contributed by atoms with Crippen LogP contribution in [-0.2, 0) is 0 Å². The predicted molar refractivity (Wildman–Crippen MR) is 125 cm³/mol. The van der Waals surface area contributed by atoms with Crippen LogP contribution in [0.1, 0.15) is 58.3 Å². The highest BCUT2D eigenvalue weighted by molar-refractivity contribution is 5.25. The minimum Gasteiger partial charge on any atom is -0.382 e. The zero-order chi connectivity index (χ0) is 20.9. The first-order valence-electron chi connectivity index (χ1n) is 12.5. The van der Waals surface area contributed by atoms with Crippen molar-refractivity contribution in [2.24, 2.45) is 17.3 Å². The Kier molecular flexibility index (Phi) is 5.51. The van der Waals surface area contributed by atoms with E-state index in [4.69, 9.17) is 0 Å². The van der Waals surface area contributed by atoms with Crippen LogP contribution in [0.2, 0.25) is 0 Å². The van der Waals surface area contributed by atoms with Crippen molar-refractivity contribution in [2.45, 2.75) is 82.5 Å². The highest BCUT2D eigenvalue weighted by Gasteiger charge is 2.53. The summed E-state index contributed by atoms with van der Waals surface area (Å²) in [6, 6.07) is 2.08. The van der Waals surface area contributed by atoms with Gasteiger partial charge in [-0.05, 0) is 63.8 Å². The molecule has 0 radical (unpaired) electrons. The summed E-state index contributed by atoms with van der Waals surface area (Å²) in [5, 5.41) is 7.35. The van der Waals surface area contributed by atoms with Gasteiger partial charge in [0.25, 0.3) is 0 Å². The smallest absolute Gasteiger partial charge is 0.0627 e. The number of hydrogen-bond donors (Lipinski definition) is 2. The summed E-state index contributed by atoms with van der Waals surface area (Å²) in [5.41, 5.74) is 3.06. The van der Waals surface area contributed by atoms with E-state index in [1.54, 1.807) is 0 Å². The van der Waals surface area contributed by atoms with E-state index in [0.717, 1.165) is 17.9 Å². The topological polar surface area (TPSA) is 40.5 Å². The molecule has 2 saturated carbocycles. The molecule has 0 bridgehead atoms. The molecule has 0 aromatic heterocycles. The monoisotopic (exact) mass is 410 g/mol. The molecule has 5 rings (SSSR count). The Morgan fingerprint density at radius 3 is 2.50 bits per heavy atom. The molecule has 4 unspecified atom stereocenters. The first kappa shape index (κ1) is 20.6. The van der Waals surface area contributed by atoms with Crippen molar-refractivity contribution in [3.05, 3.63) is 37.2 Å². The van der Waals surface area contributed by atoms with Gasteiger partial charge in [-0.15, -0.1) is 6.58 Å². The van der Waals surface area contributed by atoms with Crippen molar-refractivity contribution in [1.82, 2.24) is 20.4 Å². The van der Waals surface area contributed by atoms with Crippen molar-refractivity contribution in [3.8, 4) is 0 Å². The summed E-state index contributed by atoms with van der Waals surface area (Å²) < 4.78 is 0. The standard InChI is InChI=1S/C26H42N4/c1-5-18(2)27-19(3)25(22-9-6-7-10-22)29-14-8-13-26(15-29)16-30(17-26)20(4)23-24(28-23)21-11-12-21/h5,18,21-25,27-28H,1,3-4,6-17H2,2H3. The molecule has 0 aromatic rings. The minimum absolute atomic E-state index is 0.285. The lowest BCUT2D eigenvalue weighted by Crippen LogP contribution is -2.64. The fourth-order valence-electron chi connectivity index (χ4n) is 6.74. The summed E-state index contributed by atoms with van der Waals surface area (Å²) in [6.45, 7) is 20.0. The molecule has 3 saturated heterocycles. The number of rotatable bonds is 9. The summed E-state index contributed by atoms with van der Waals surface area (Å²) >= 11 is 0. The first-order valence-corrected chi connectivity index (χ1v) is 12.5. The largest absolute Gasteiger partial charge is 0.382 e. The molecule has 2 aliphatic carbocycles. The Hall–Kier alpha value is -1.26. The molecule has 2 N–H and O–H groups in total. The Labute approximate surface area is 183 Å². The lowest BCUT2D eigenvalue weighted by atomic mass is 9.72. The van der Waals surface area contributed by atoms with E-state index < -0.39 is 0 Å².